The van der Waals surface area contributed by atoms with Gasteiger partial charge in [-0.25, -0.2) is 9.59 Å². The van der Waals surface area contributed by atoms with Crippen molar-refractivity contribution in [3.8, 4) is 0 Å². The molecule has 0 N–H and O–H groups in total. The Morgan fingerprint density at radius 3 is 1.93 bits per heavy atom. The van der Waals surface area contributed by atoms with Crippen molar-refractivity contribution in [3.63, 3.8) is 0 Å². The Morgan fingerprint density at radius 2 is 1.52 bits per heavy atom. The van der Waals surface area contributed by atoms with Gasteiger partial charge in [-0.3, -0.25) is 0 Å². The molecular weight excluding hydrogens is 386 g/mol. The average molecular weight is 413 g/mol. The zero-order chi connectivity index (χ0) is 21.4. The first-order valence-electron chi connectivity index (χ1n) is 8.92. The Bertz CT molecular complexity index is 666. The van der Waals surface area contributed by atoms with Gasteiger partial charge >= 0.3 is 11.9 Å². The van der Waals surface area contributed by atoms with Gasteiger partial charge in [0, 0.05) is 32.7 Å². The first-order valence-corrected chi connectivity index (χ1v) is 8.92. The van der Waals surface area contributed by atoms with E-state index in [2.05, 4.69) is 0 Å². The van der Waals surface area contributed by atoms with E-state index in [0.29, 0.717) is 23.8 Å². The highest BCUT2D eigenvalue weighted by atomic mass is 16.7. The number of hydrogen-bond donors (Lipinski definition) is 0. The summed E-state index contributed by atoms with van der Waals surface area (Å²) in [5, 5.41) is 0. The normalized spacial score (nSPS) is 17.6. The lowest BCUT2D eigenvalue weighted by molar-refractivity contribution is -0.151. The van der Waals surface area contributed by atoms with Gasteiger partial charge in [0.25, 0.3) is 0 Å². The third-order valence-corrected chi connectivity index (χ3v) is 4.43. The number of hydrogen-bond acceptors (Lipinski definition) is 10. The van der Waals surface area contributed by atoms with Crippen molar-refractivity contribution in [2.45, 2.75) is 13.8 Å². The monoisotopic (exact) mass is 413 g/mol. The van der Waals surface area contributed by atoms with Crippen molar-refractivity contribution in [3.05, 3.63) is 34.6 Å². The predicted molar refractivity (Wildman–Crippen MR) is 98.5 cm³/mol. The molecule has 0 radical (unpaired) electrons. The highest BCUT2D eigenvalue weighted by Gasteiger charge is 2.43. The van der Waals surface area contributed by atoms with Crippen LogP contribution in [0.4, 0.5) is 0 Å². The summed E-state index contributed by atoms with van der Waals surface area (Å²) in [6.07, 6.45) is 1.40. The summed E-state index contributed by atoms with van der Waals surface area (Å²) in [5.41, 5.74) is 1.50. The topological polar surface area (TPSA) is 102 Å². The maximum atomic E-state index is 12.9. The first-order chi connectivity index (χ1) is 14.0. The lowest BCUT2D eigenvalue weighted by Gasteiger charge is -2.38. The first kappa shape index (κ1) is 22.7. The molecule has 10 nitrogen and oxygen atoms in total. The fourth-order valence-corrected chi connectivity index (χ4v) is 3.16. The number of allylic oxidation sites excluding steroid dienone is 3. The van der Waals surface area contributed by atoms with E-state index in [1.165, 1.54) is 27.6 Å². The second kappa shape index (κ2) is 10.8. The number of ether oxygens (including phenoxy) is 7. The van der Waals surface area contributed by atoms with E-state index in [9.17, 15) is 9.59 Å². The smallest absolute Gasteiger partial charge is 0.338 e. The molecule has 0 aromatic carbocycles. The lowest BCUT2D eigenvalue weighted by Crippen LogP contribution is -2.39. The van der Waals surface area contributed by atoms with E-state index < -0.39 is 17.9 Å². The van der Waals surface area contributed by atoms with Crippen molar-refractivity contribution in [2.75, 3.05) is 54.9 Å². The van der Waals surface area contributed by atoms with Crippen molar-refractivity contribution < 1.29 is 42.7 Å². The van der Waals surface area contributed by atoms with Crippen LogP contribution in [0.15, 0.2) is 34.6 Å². The Labute approximate surface area is 169 Å². The number of nitrogens with zero attached hydrogens (tertiary/aromatic N) is 1. The number of carbonyl (C=O) groups excluding carboxylic acids is 2. The fraction of sp³-hybridized carbons (Fsp3) is 0.579. The molecule has 2 heterocycles. The second-order valence-electron chi connectivity index (χ2n) is 6.19. The minimum absolute atomic E-state index is 0.114. The Hall–Kier alpha value is -2.56. The van der Waals surface area contributed by atoms with Crippen LogP contribution in [-0.4, -0.2) is 71.7 Å². The minimum atomic E-state index is -0.878. The maximum Gasteiger partial charge on any atom is 0.338 e. The predicted octanol–water partition coefficient (Wildman–Crippen LogP) is 1.25. The molecule has 0 saturated heterocycles. The van der Waals surface area contributed by atoms with Crippen LogP contribution in [0.3, 0.4) is 0 Å². The molecule has 0 aromatic rings. The van der Waals surface area contributed by atoms with Gasteiger partial charge in [-0.15, -0.1) is 0 Å². The van der Waals surface area contributed by atoms with Crippen LogP contribution in [0.1, 0.15) is 13.8 Å². The molecule has 0 saturated carbocycles. The van der Waals surface area contributed by atoms with E-state index in [0.717, 1.165) is 0 Å². The lowest BCUT2D eigenvalue weighted by atomic mass is 9.83. The highest BCUT2D eigenvalue weighted by molar-refractivity contribution is 5.98. The molecule has 0 unspecified atom stereocenters. The van der Waals surface area contributed by atoms with E-state index in [-0.39, 0.29) is 38.1 Å². The quantitative estimate of drug-likeness (QED) is 0.405. The van der Waals surface area contributed by atoms with E-state index in [1.807, 2.05) is 0 Å². The molecule has 0 fully saturated rings. The van der Waals surface area contributed by atoms with Gasteiger partial charge in [-0.1, -0.05) is 0 Å². The number of esters is 2. The molecule has 2 aliphatic rings. The Balaban J connectivity index is 2.60. The molecule has 0 amide bonds. The van der Waals surface area contributed by atoms with Crippen LogP contribution < -0.4 is 0 Å². The van der Waals surface area contributed by atoms with Crippen molar-refractivity contribution in [1.29, 1.82) is 0 Å². The molecule has 2 aliphatic heterocycles. The highest BCUT2D eigenvalue weighted by Crippen LogP contribution is 2.41. The minimum Gasteiger partial charge on any atom is -0.494 e. The van der Waals surface area contributed by atoms with Crippen molar-refractivity contribution in [2.24, 2.45) is 5.92 Å². The molecule has 0 bridgehead atoms. The summed E-state index contributed by atoms with van der Waals surface area (Å²) in [6.45, 7) is 3.75. The van der Waals surface area contributed by atoms with Gasteiger partial charge in [0.05, 0.1) is 17.1 Å². The summed E-state index contributed by atoms with van der Waals surface area (Å²) in [7, 11) is 4.32. The van der Waals surface area contributed by atoms with Crippen LogP contribution in [0.2, 0.25) is 0 Å². The summed E-state index contributed by atoms with van der Waals surface area (Å²) >= 11 is 0. The van der Waals surface area contributed by atoms with Crippen LogP contribution in [0.25, 0.3) is 0 Å². The molecular formula is C19H27NO9. The number of carbonyl (C=O) groups is 2. The molecule has 0 aromatic heterocycles. The van der Waals surface area contributed by atoms with Crippen LogP contribution in [0, 0.1) is 5.92 Å². The third-order valence-electron chi connectivity index (χ3n) is 4.43. The van der Waals surface area contributed by atoms with Crippen molar-refractivity contribution in [1.82, 2.24) is 4.90 Å². The molecule has 162 valence electrons. The van der Waals surface area contributed by atoms with Gasteiger partial charge in [-0.05, 0) is 13.8 Å². The maximum absolute atomic E-state index is 12.9. The zero-order valence-electron chi connectivity index (χ0n) is 17.3. The van der Waals surface area contributed by atoms with E-state index in [4.69, 9.17) is 33.2 Å². The molecule has 2 rings (SSSR count). The molecule has 0 atom stereocenters. The third kappa shape index (κ3) is 5.08. The average Bonchev–Trinajstić information content (AvgIpc) is 2.73. The van der Waals surface area contributed by atoms with Crippen LogP contribution in [0.5, 0.6) is 0 Å². The Kier molecular flexibility index (Phi) is 8.50. The van der Waals surface area contributed by atoms with Gasteiger partial charge in [0.2, 0.25) is 0 Å². The van der Waals surface area contributed by atoms with Gasteiger partial charge in [-0.2, -0.15) is 0 Å². The standard InChI is InChI=1S/C19H27NO9/c1-12-15(18(21)28-10-24-4)17(14-8-26-6-7-27-14)16(19(22)29-11-25-5)13(2)20(12)9-23-3/h8,17H,6-7,9-11H2,1-5H3. The summed E-state index contributed by atoms with van der Waals surface area (Å²) < 4.78 is 36.4. The van der Waals surface area contributed by atoms with Gasteiger partial charge < -0.3 is 38.1 Å². The summed E-state index contributed by atoms with van der Waals surface area (Å²) in [4.78, 5) is 27.5. The van der Waals surface area contributed by atoms with Crippen molar-refractivity contribution >= 4 is 11.9 Å². The summed E-state index contributed by atoms with van der Waals surface area (Å²) in [6, 6.07) is 0. The second-order valence-corrected chi connectivity index (χ2v) is 6.19. The Morgan fingerprint density at radius 1 is 0.966 bits per heavy atom. The number of rotatable bonds is 9. The molecule has 29 heavy (non-hydrogen) atoms. The summed E-state index contributed by atoms with van der Waals surface area (Å²) in [5.74, 6) is -1.89. The van der Waals surface area contributed by atoms with Crippen LogP contribution >= 0.6 is 0 Å². The molecule has 0 spiro atoms. The van der Waals surface area contributed by atoms with E-state index in [1.54, 1.807) is 18.7 Å². The van der Waals surface area contributed by atoms with Gasteiger partial charge in [0.1, 0.15) is 32.0 Å². The number of methoxy groups -OCH3 is 3. The fourth-order valence-electron chi connectivity index (χ4n) is 3.16. The van der Waals surface area contributed by atoms with Crippen LogP contribution in [-0.2, 0) is 42.7 Å². The molecule has 0 aliphatic carbocycles. The van der Waals surface area contributed by atoms with Gasteiger partial charge in [0.15, 0.2) is 13.6 Å². The van der Waals surface area contributed by atoms with E-state index >= 15 is 0 Å². The molecule has 10 heteroatoms. The zero-order valence-corrected chi connectivity index (χ0v) is 17.3. The SMILES string of the molecule is COCOC(=O)C1=C(C)N(COC)C(C)=C(C(=O)OCOC)C1C1=COCCO1. The largest absolute Gasteiger partial charge is 0.494 e.